The van der Waals surface area contributed by atoms with Gasteiger partial charge in [0.05, 0.1) is 6.10 Å². The summed E-state index contributed by atoms with van der Waals surface area (Å²) in [6.07, 6.45) is 2.81. The molecule has 0 bridgehead atoms. The minimum Gasteiger partial charge on any atom is -0.392 e. The average Bonchev–Trinajstić information content (AvgIpc) is 2.25. The number of piperidine rings is 1. The molecule has 0 amide bonds. The summed E-state index contributed by atoms with van der Waals surface area (Å²) in [4.78, 5) is 0. The summed E-state index contributed by atoms with van der Waals surface area (Å²) in [7, 11) is 0. The summed E-state index contributed by atoms with van der Waals surface area (Å²) in [6, 6.07) is 8.47. The van der Waals surface area contributed by atoms with Crippen LogP contribution in [0.25, 0.3) is 0 Å². The quantitative estimate of drug-likeness (QED) is 0.807. The number of hydrogen-bond donors (Lipinski definition) is 2. The van der Waals surface area contributed by atoms with Gasteiger partial charge in [0.15, 0.2) is 0 Å². The van der Waals surface area contributed by atoms with Crippen molar-refractivity contribution in [1.82, 2.24) is 5.32 Å². The fraction of sp³-hybridized carbons (Fsp3) is 0.500. The third-order valence-corrected chi connectivity index (χ3v) is 3.14. The van der Waals surface area contributed by atoms with Gasteiger partial charge < -0.3 is 10.4 Å². The van der Waals surface area contributed by atoms with E-state index in [-0.39, 0.29) is 6.10 Å². The molecule has 1 fully saturated rings. The van der Waals surface area contributed by atoms with Crippen LogP contribution in [0.15, 0.2) is 24.3 Å². The highest BCUT2D eigenvalue weighted by Crippen LogP contribution is 2.15. The van der Waals surface area contributed by atoms with Crippen LogP contribution < -0.4 is 5.32 Å². The number of β-amino-alcohol motifs (C(OH)–C–C–N with tert-alkyl or cyclic N) is 1. The number of hydrogen-bond acceptors (Lipinski definition) is 2. The minimum atomic E-state index is -0.161. The predicted molar refractivity (Wildman–Crippen MR) is 62.2 cm³/mol. The van der Waals surface area contributed by atoms with E-state index in [0.717, 1.165) is 30.8 Å². The van der Waals surface area contributed by atoms with E-state index in [0.29, 0.717) is 6.04 Å². The van der Waals surface area contributed by atoms with Crippen LogP contribution in [0, 0.1) is 0 Å². The zero-order chi connectivity index (χ0) is 10.7. The van der Waals surface area contributed by atoms with E-state index < -0.39 is 0 Å². The van der Waals surface area contributed by atoms with Gasteiger partial charge in [-0.3, -0.25) is 0 Å². The second-order valence-corrected chi connectivity index (χ2v) is 4.60. The Morgan fingerprint density at radius 2 is 2.00 bits per heavy atom. The lowest BCUT2D eigenvalue weighted by molar-refractivity contribution is 0.126. The maximum absolute atomic E-state index is 9.35. The normalized spacial score (nSPS) is 26.5. The molecule has 2 atom stereocenters. The molecule has 2 rings (SSSR count). The van der Waals surface area contributed by atoms with Gasteiger partial charge in [-0.1, -0.05) is 23.7 Å². The lowest BCUT2D eigenvalue weighted by Gasteiger charge is -2.27. The summed E-state index contributed by atoms with van der Waals surface area (Å²) >= 11 is 5.82. The molecule has 0 saturated carbocycles. The molecule has 15 heavy (non-hydrogen) atoms. The van der Waals surface area contributed by atoms with Gasteiger partial charge in [0.2, 0.25) is 0 Å². The van der Waals surface area contributed by atoms with Crippen molar-refractivity contribution in [2.45, 2.75) is 31.4 Å². The number of halogens is 1. The third-order valence-electron chi connectivity index (χ3n) is 2.89. The number of aliphatic hydroxyl groups excluding tert-OH is 1. The van der Waals surface area contributed by atoms with Gasteiger partial charge in [0.1, 0.15) is 0 Å². The van der Waals surface area contributed by atoms with Gasteiger partial charge in [0.25, 0.3) is 0 Å². The average molecular weight is 226 g/mol. The molecule has 0 unspecified atom stereocenters. The third kappa shape index (κ3) is 3.20. The molecule has 1 saturated heterocycles. The Morgan fingerprint density at radius 3 is 2.60 bits per heavy atom. The number of aliphatic hydroxyl groups is 1. The first-order valence-electron chi connectivity index (χ1n) is 5.40. The highest BCUT2D eigenvalue weighted by atomic mass is 35.5. The van der Waals surface area contributed by atoms with Gasteiger partial charge in [-0.2, -0.15) is 0 Å². The molecule has 3 heteroatoms. The van der Waals surface area contributed by atoms with Gasteiger partial charge in [-0.15, -0.1) is 0 Å². The van der Waals surface area contributed by atoms with E-state index >= 15 is 0 Å². The summed E-state index contributed by atoms with van der Waals surface area (Å²) < 4.78 is 0. The molecule has 1 aliphatic heterocycles. The van der Waals surface area contributed by atoms with E-state index in [1.165, 1.54) is 5.56 Å². The van der Waals surface area contributed by atoms with Crippen LogP contribution in [0.2, 0.25) is 5.02 Å². The van der Waals surface area contributed by atoms with Gasteiger partial charge in [-0.05, 0) is 37.0 Å². The zero-order valence-corrected chi connectivity index (χ0v) is 9.37. The summed E-state index contributed by atoms with van der Waals surface area (Å²) in [6.45, 7) is 0.720. The lowest BCUT2D eigenvalue weighted by atomic mass is 9.97. The van der Waals surface area contributed by atoms with E-state index in [2.05, 4.69) is 17.4 Å². The molecule has 1 aromatic carbocycles. The van der Waals surface area contributed by atoms with Crippen molar-refractivity contribution in [1.29, 1.82) is 0 Å². The Morgan fingerprint density at radius 1 is 1.27 bits per heavy atom. The molecule has 1 aliphatic rings. The molecular weight excluding hydrogens is 210 g/mol. The van der Waals surface area contributed by atoms with Crippen molar-refractivity contribution < 1.29 is 5.11 Å². The van der Waals surface area contributed by atoms with Crippen molar-refractivity contribution in [2.24, 2.45) is 0 Å². The van der Waals surface area contributed by atoms with E-state index in [1.807, 2.05) is 12.1 Å². The van der Waals surface area contributed by atoms with Crippen LogP contribution in [0.1, 0.15) is 18.4 Å². The van der Waals surface area contributed by atoms with Gasteiger partial charge in [-0.25, -0.2) is 0 Å². The molecule has 82 valence electrons. The highest BCUT2D eigenvalue weighted by Gasteiger charge is 2.18. The molecule has 1 aromatic rings. The van der Waals surface area contributed by atoms with Crippen LogP contribution in [0.3, 0.4) is 0 Å². The van der Waals surface area contributed by atoms with Gasteiger partial charge >= 0.3 is 0 Å². The van der Waals surface area contributed by atoms with Crippen LogP contribution in [-0.2, 0) is 6.42 Å². The number of rotatable bonds is 2. The van der Waals surface area contributed by atoms with E-state index in [4.69, 9.17) is 11.6 Å². The van der Waals surface area contributed by atoms with Gasteiger partial charge in [0, 0.05) is 17.6 Å². The lowest BCUT2D eigenvalue weighted by Crippen LogP contribution is -2.42. The predicted octanol–water partition coefficient (Wildman–Crippen LogP) is 2.00. The Bertz CT molecular complexity index is 304. The Labute approximate surface area is 95.3 Å². The standard InChI is InChI=1S/C12H16ClNO/c13-10-3-1-9(2-4-10)7-11-5-6-12(15)8-14-11/h1-4,11-12,14-15H,5-8H2/t11-,12-/m1/s1. The molecule has 2 nitrogen and oxygen atoms in total. The smallest absolute Gasteiger partial charge is 0.0665 e. The minimum absolute atomic E-state index is 0.161. The molecule has 0 aromatic heterocycles. The van der Waals surface area contributed by atoms with Crippen molar-refractivity contribution in [2.75, 3.05) is 6.54 Å². The topological polar surface area (TPSA) is 32.3 Å². The van der Waals surface area contributed by atoms with Crippen molar-refractivity contribution in [3.05, 3.63) is 34.9 Å². The van der Waals surface area contributed by atoms with E-state index in [1.54, 1.807) is 0 Å². The zero-order valence-electron chi connectivity index (χ0n) is 8.62. The Balaban J connectivity index is 1.89. The monoisotopic (exact) mass is 225 g/mol. The molecule has 0 aliphatic carbocycles. The number of benzene rings is 1. The Hall–Kier alpha value is -0.570. The first-order valence-corrected chi connectivity index (χ1v) is 5.78. The largest absolute Gasteiger partial charge is 0.392 e. The second-order valence-electron chi connectivity index (χ2n) is 4.17. The maximum atomic E-state index is 9.35. The molecule has 0 radical (unpaired) electrons. The molecule has 0 spiro atoms. The summed E-state index contributed by atoms with van der Waals surface area (Å²) in [5.41, 5.74) is 1.30. The van der Waals surface area contributed by atoms with Crippen LogP contribution in [0.4, 0.5) is 0 Å². The SMILES string of the molecule is O[C@@H]1CC[C@H](Cc2ccc(Cl)cc2)NC1. The van der Waals surface area contributed by atoms with Crippen LogP contribution in [-0.4, -0.2) is 23.8 Å². The fourth-order valence-corrected chi connectivity index (χ4v) is 2.11. The fourth-order valence-electron chi connectivity index (χ4n) is 1.98. The number of nitrogens with one attached hydrogen (secondary N) is 1. The van der Waals surface area contributed by atoms with E-state index in [9.17, 15) is 5.11 Å². The highest BCUT2D eigenvalue weighted by molar-refractivity contribution is 6.30. The summed E-state index contributed by atoms with van der Waals surface area (Å²) in [5, 5.41) is 13.5. The van der Waals surface area contributed by atoms with Crippen molar-refractivity contribution in [3.63, 3.8) is 0 Å². The van der Waals surface area contributed by atoms with Crippen LogP contribution in [0.5, 0.6) is 0 Å². The van der Waals surface area contributed by atoms with Crippen molar-refractivity contribution >= 4 is 11.6 Å². The molecule has 2 N–H and O–H groups in total. The summed E-state index contributed by atoms with van der Waals surface area (Å²) in [5.74, 6) is 0. The second kappa shape index (κ2) is 4.97. The molecule has 1 heterocycles. The Kier molecular flexibility index (Phi) is 3.62. The maximum Gasteiger partial charge on any atom is 0.0665 e. The first kappa shape index (κ1) is 10.9. The van der Waals surface area contributed by atoms with Crippen molar-refractivity contribution in [3.8, 4) is 0 Å². The molecular formula is C12H16ClNO. The van der Waals surface area contributed by atoms with Crippen LogP contribution >= 0.6 is 11.6 Å². The first-order chi connectivity index (χ1) is 7.24.